The third-order valence-corrected chi connectivity index (χ3v) is 8.18. The molecule has 0 spiro atoms. The number of likely N-dealkylation sites (tertiary alicyclic amines) is 1. The molecule has 2 heterocycles. The van der Waals surface area contributed by atoms with E-state index in [0.29, 0.717) is 31.7 Å². The van der Waals surface area contributed by atoms with Gasteiger partial charge in [0.25, 0.3) is 10.0 Å². The fourth-order valence-corrected chi connectivity index (χ4v) is 6.31. The van der Waals surface area contributed by atoms with Crippen molar-refractivity contribution >= 4 is 15.7 Å². The highest BCUT2D eigenvalue weighted by atomic mass is 32.2. The highest BCUT2D eigenvalue weighted by Crippen LogP contribution is 2.33. The molecule has 0 N–H and O–H groups in total. The van der Waals surface area contributed by atoms with E-state index in [0.717, 1.165) is 36.7 Å². The Morgan fingerprint density at radius 3 is 2.26 bits per heavy atom. The topological polar surface area (TPSA) is 59.1 Å². The molecule has 2 aliphatic rings. The molecule has 0 radical (unpaired) electrons. The van der Waals surface area contributed by atoms with E-state index in [1.165, 1.54) is 28.6 Å². The summed E-state index contributed by atoms with van der Waals surface area (Å²) in [7, 11) is -3.84. The van der Waals surface area contributed by atoms with Gasteiger partial charge in [-0.3, -0.25) is 9.21 Å². The summed E-state index contributed by atoms with van der Waals surface area (Å²) < 4.78 is 53.5. The molecule has 0 bridgehead atoms. The smallest absolute Gasteiger partial charge is 0.264 e. The molecule has 0 amide bonds. The van der Waals surface area contributed by atoms with E-state index in [4.69, 9.17) is 9.47 Å². The molecular weight excluding hydrogens is 455 g/mol. The van der Waals surface area contributed by atoms with Crippen molar-refractivity contribution in [1.82, 2.24) is 4.90 Å². The third kappa shape index (κ3) is 4.74. The first-order valence-corrected chi connectivity index (χ1v) is 12.9. The van der Waals surface area contributed by atoms with E-state index in [1.54, 1.807) is 0 Å². The van der Waals surface area contributed by atoms with E-state index >= 15 is 0 Å². The van der Waals surface area contributed by atoms with Gasteiger partial charge in [-0.15, -0.1) is 0 Å². The minimum atomic E-state index is -3.84. The van der Waals surface area contributed by atoms with Crippen molar-refractivity contribution in [2.45, 2.75) is 30.3 Å². The summed E-state index contributed by atoms with van der Waals surface area (Å²) in [5.74, 6) is 1.09. The lowest BCUT2D eigenvalue weighted by atomic mass is 10.0. The lowest BCUT2D eigenvalue weighted by Gasteiger charge is -2.39. The fraction of sp³-hybridized carbons (Fsp3) is 0.308. The van der Waals surface area contributed by atoms with Crippen LogP contribution in [0.25, 0.3) is 0 Å². The predicted octanol–water partition coefficient (Wildman–Crippen LogP) is 4.46. The SMILES string of the molecule is O=S(=O)(c1ccc(F)cc1)N(c1ccccc1)C1CCN(Cc2ccc3c(c2)OCCO3)CC1. The summed E-state index contributed by atoms with van der Waals surface area (Å²) >= 11 is 0. The second-order valence-corrected chi connectivity index (χ2v) is 10.4. The Bertz CT molecular complexity index is 1230. The number of benzene rings is 3. The molecule has 1 fully saturated rings. The Balaban J connectivity index is 1.33. The van der Waals surface area contributed by atoms with Crippen LogP contribution in [-0.4, -0.2) is 45.7 Å². The van der Waals surface area contributed by atoms with E-state index in [9.17, 15) is 12.8 Å². The lowest BCUT2D eigenvalue weighted by Crippen LogP contribution is -2.47. The van der Waals surface area contributed by atoms with Gasteiger partial charge in [0.1, 0.15) is 19.0 Å². The standard InChI is InChI=1S/C26H27FN2O4S/c27-21-7-9-24(10-8-21)34(30,31)29(22-4-2-1-3-5-22)23-12-14-28(15-13-23)19-20-6-11-25-26(18-20)33-17-16-32-25/h1-11,18,23H,12-17,19H2. The molecular formula is C26H27FN2O4S. The maximum atomic E-state index is 13.6. The maximum Gasteiger partial charge on any atom is 0.264 e. The average Bonchev–Trinajstić information content (AvgIpc) is 2.86. The fourth-order valence-electron chi connectivity index (χ4n) is 4.60. The number of sulfonamides is 1. The molecule has 3 aromatic carbocycles. The van der Waals surface area contributed by atoms with Gasteiger partial charge in [0.2, 0.25) is 0 Å². The Morgan fingerprint density at radius 1 is 0.882 bits per heavy atom. The van der Waals surface area contributed by atoms with Gasteiger partial charge in [0, 0.05) is 25.7 Å². The zero-order valence-electron chi connectivity index (χ0n) is 18.8. The Morgan fingerprint density at radius 2 is 1.56 bits per heavy atom. The van der Waals surface area contributed by atoms with Crippen molar-refractivity contribution in [3.8, 4) is 11.5 Å². The molecule has 34 heavy (non-hydrogen) atoms. The van der Waals surface area contributed by atoms with Crippen LogP contribution in [0.3, 0.4) is 0 Å². The van der Waals surface area contributed by atoms with Crippen molar-refractivity contribution in [2.24, 2.45) is 0 Å². The number of para-hydroxylation sites is 1. The monoisotopic (exact) mass is 482 g/mol. The van der Waals surface area contributed by atoms with Crippen molar-refractivity contribution in [3.63, 3.8) is 0 Å². The number of hydrogen-bond acceptors (Lipinski definition) is 5. The lowest BCUT2D eigenvalue weighted by molar-refractivity contribution is 0.170. The number of hydrogen-bond donors (Lipinski definition) is 0. The molecule has 0 aromatic heterocycles. The van der Waals surface area contributed by atoms with Gasteiger partial charge >= 0.3 is 0 Å². The third-order valence-electron chi connectivity index (χ3n) is 6.28. The number of ether oxygens (including phenoxy) is 2. The number of nitrogens with zero attached hydrogens (tertiary/aromatic N) is 2. The highest BCUT2D eigenvalue weighted by Gasteiger charge is 2.34. The molecule has 0 atom stereocenters. The van der Waals surface area contributed by atoms with Crippen LogP contribution in [-0.2, 0) is 16.6 Å². The molecule has 178 valence electrons. The van der Waals surface area contributed by atoms with E-state index in [1.807, 2.05) is 42.5 Å². The summed E-state index contributed by atoms with van der Waals surface area (Å²) in [5, 5.41) is 0. The summed E-state index contributed by atoms with van der Waals surface area (Å²) in [5.41, 5.74) is 1.76. The van der Waals surface area contributed by atoms with Crippen molar-refractivity contribution in [1.29, 1.82) is 0 Å². The van der Waals surface area contributed by atoms with Gasteiger partial charge in [0.15, 0.2) is 11.5 Å². The number of halogens is 1. The molecule has 5 rings (SSSR count). The molecule has 6 nitrogen and oxygen atoms in total. The number of fused-ring (bicyclic) bond motifs is 1. The Hall–Kier alpha value is -3.10. The zero-order chi connectivity index (χ0) is 23.5. The predicted molar refractivity (Wildman–Crippen MR) is 128 cm³/mol. The maximum absolute atomic E-state index is 13.6. The number of anilines is 1. The molecule has 2 aliphatic heterocycles. The first-order chi connectivity index (χ1) is 16.5. The van der Waals surface area contributed by atoms with Gasteiger partial charge in [-0.25, -0.2) is 12.8 Å². The van der Waals surface area contributed by atoms with E-state index in [2.05, 4.69) is 11.0 Å². The average molecular weight is 483 g/mol. The van der Waals surface area contributed by atoms with Crippen LogP contribution in [0.2, 0.25) is 0 Å². The minimum absolute atomic E-state index is 0.0939. The van der Waals surface area contributed by atoms with Gasteiger partial charge in [-0.05, 0) is 66.9 Å². The Labute approximate surface area is 199 Å². The molecule has 0 saturated carbocycles. The van der Waals surface area contributed by atoms with Gasteiger partial charge in [-0.2, -0.15) is 0 Å². The van der Waals surface area contributed by atoms with Crippen LogP contribution in [0.5, 0.6) is 11.5 Å². The number of piperidine rings is 1. The van der Waals surface area contributed by atoms with Crippen LogP contribution in [0, 0.1) is 5.82 Å². The van der Waals surface area contributed by atoms with Crippen LogP contribution in [0.4, 0.5) is 10.1 Å². The van der Waals surface area contributed by atoms with E-state index in [-0.39, 0.29) is 10.9 Å². The summed E-state index contributed by atoms with van der Waals surface area (Å²) in [6.45, 7) is 3.42. The second kappa shape index (κ2) is 9.64. The first-order valence-electron chi connectivity index (χ1n) is 11.5. The molecule has 8 heteroatoms. The zero-order valence-corrected chi connectivity index (χ0v) is 19.6. The van der Waals surface area contributed by atoms with Crippen molar-refractivity contribution in [2.75, 3.05) is 30.6 Å². The minimum Gasteiger partial charge on any atom is -0.486 e. The highest BCUT2D eigenvalue weighted by molar-refractivity contribution is 7.92. The van der Waals surface area contributed by atoms with E-state index < -0.39 is 15.8 Å². The summed E-state index contributed by atoms with van der Waals surface area (Å²) in [4.78, 5) is 2.42. The molecule has 3 aromatic rings. The van der Waals surface area contributed by atoms with Crippen LogP contribution in [0.15, 0.2) is 77.7 Å². The summed E-state index contributed by atoms with van der Waals surface area (Å²) in [6, 6.07) is 20.0. The summed E-state index contributed by atoms with van der Waals surface area (Å²) in [6.07, 6.45) is 1.39. The molecule has 0 aliphatic carbocycles. The van der Waals surface area contributed by atoms with Gasteiger partial charge in [0.05, 0.1) is 10.6 Å². The quantitative estimate of drug-likeness (QED) is 0.519. The number of rotatable bonds is 6. The normalized spacial score (nSPS) is 16.9. The van der Waals surface area contributed by atoms with Crippen LogP contribution >= 0.6 is 0 Å². The first kappa shape index (κ1) is 22.7. The van der Waals surface area contributed by atoms with Crippen molar-refractivity contribution in [3.05, 3.63) is 84.2 Å². The largest absolute Gasteiger partial charge is 0.486 e. The van der Waals surface area contributed by atoms with Crippen LogP contribution in [0.1, 0.15) is 18.4 Å². The van der Waals surface area contributed by atoms with Crippen molar-refractivity contribution < 1.29 is 22.3 Å². The molecule has 1 saturated heterocycles. The molecule has 0 unspecified atom stereocenters. The van der Waals surface area contributed by atoms with Crippen LogP contribution < -0.4 is 13.8 Å². The second-order valence-electron chi connectivity index (χ2n) is 8.58. The van der Waals surface area contributed by atoms with Gasteiger partial charge < -0.3 is 9.47 Å². The Kier molecular flexibility index (Phi) is 6.43. The van der Waals surface area contributed by atoms with Gasteiger partial charge in [-0.1, -0.05) is 24.3 Å².